The van der Waals surface area contributed by atoms with E-state index in [2.05, 4.69) is 10.1 Å². The molecule has 4 rings (SSSR count). The topological polar surface area (TPSA) is 91.0 Å². The Morgan fingerprint density at radius 2 is 1.86 bits per heavy atom. The maximum absolute atomic E-state index is 13.5. The van der Waals surface area contributed by atoms with E-state index in [4.69, 9.17) is 11.6 Å². The lowest BCUT2D eigenvalue weighted by Crippen LogP contribution is -2.33. The van der Waals surface area contributed by atoms with Crippen molar-refractivity contribution in [3.05, 3.63) is 69.2 Å². The second-order valence-corrected chi connectivity index (χ2v) is 9.11. The van der Waals surface area contributed by atoms with Crippen LogP contribution in [0.3, 0.4) is 0 Å². The smallest absolute Gasteiger partial charge is 0.395 e. The minimum Gasteiger partial charge on any atom is -0.395 e. The molecule has 0 fully saturated rings. The average molecular weight is 525 g/mol. The molecular weight excluding hydrogens is 505 g/mol. The van der Waals surface area contributed by atoms with Crippen LogP contribution in [0.25, 0.3) is 17.0 Å². The fourth-order valence-electron chi connectivity index (χ4n) is 3.66. The number of hydrogen-bond donors (Lipinski definition) is 2. The summed E-state index contributed by atoms with van der Waals surface area (Å²) in [6.07, 6.45) is -1.33. The van der Waals surface area contributed by atoms with Crippen molar-refractivity contribution in [2.45, 2.75) is 12.7 Å². The second kappa shape index (κ2) is 10.4. The molecule has 2 aromatic carbocycles. The number of halogens is 4. The largest absolute Gasteiger partial charge is 0.416 e. The van der Waals surface area contributed by atoms with E-state index in [1.807, 2.05) is 0 Å². The number of amidine groups is 1. The van der Waals surface area contributed by atoms with E-state index >= 15 is 0 Å². The third-order valence-electron chi connectivity index (χ3n) is 5.28. The fourth-order valence-corrected chi connectivity index (χ4v) is 4.80. The molecule has 1 aliphatic rings. The van der Waals surface area contributed by atoms with Crippen LogP contribution in [-0.4, -0.2) is 62.3 Å². The molecule has 35 heavy (non-hydrogen) atoms. The van der Waals surface area contributed by atoms with Crippen molar-refractivity contribution in [1.82, 2.24) is 14.7 Å². The first-order chi connectivity index (χ1) is 16.7. The number of hydrogen-bond acceptors (Lipinski definition) is 6. The van der Waals surface area contributed by atoms with Crippen molar-refractivity contribution in [3.63, 3.8) is 0 Å². The number of fused-ring (bicyclic) bond motifs is 1. The molecule has 0 spiro atoms. The lowest BCUT2D eigenvalue weighted by molar-refractivity contribution is -0.138. The summed E-state index contributed by atoms with van der Waals surface area (Å²) in [7, 11) is 0. The summed E-state index contributed by atoms with van der Waals surface area (Å²) in [4.78, 5) is 18.4. The number of nitrogens with zero attached hydrogens (tertiary/aromatic N) is 4. The number of carbonyl (C=O) groups excluding carboxylic acids is 1. The Morgan fingerprint density at radius 3 is 2.54 bits per heavy atom. The van der Waals surface area contributed by atoms with Gasteiger partial charge < -0.3 is 15.1 Å². The first kappa shape index (κ1) is 25.2. The summed E-state index contributed by atoms with van der Waals surface area (Å²) in [5.74, 6) is -0.427. The van der Waals surface area contributed by atoms with Crippen LogP contribution in [0.1, 0.15) is 16.7 Å². The maximum Gasteiger partial charge on any atom is 0.416 e. The Hall–Kier alpha value is -2.86. The van der Waals surface area contributed by atoms with Gasteiger partial charge in [-0.1, -0.05) is 23.7 Å². The average Bonchev–Trinajstić information content (AvgIpc) is 3.37. The highest BCUT2D eigenvalue weighted by Crippen LogP contribution is 2.35. The molecule has 0 unspecified atom stereocenters. The van der Waals surface area contributed by atoms with E-state index in [0.717, 1.165) is 17.8 Å². The van der Waals surface area contributed by atoms with E-state index in [9.17, 15) is 28.2 Å². The highest BCUT2D eigenvalue weighted by atomic mass is 35.5. The van der Waals surface area contributed by atoms with E-state index in [1.54, 1.807) is 35.4 Å². The van der Waals surface area contributed by atoms with Crippen molar-refractivity contribution in [3.8, 4) is 0 Å². The van der Waals surface area contributed by atoms with Gasteiger partial charge in [0.1, 0.15) is 0 Å². The number of aromatic nitrogens is 2. The standard InChI is InChI=1S/C23H20ClF3N4O3S/c24-17-3-2-15(18(11-17)23(25,26)27)13-31-19-4-1-14(9-16(19)12-28-31)10-20-21(34)29-22(35-20)30(5-7-32)6-8-33/h1-4,9-12,32-33H,5-8,13H2/b20-10-. The van der Waals surface area contributed by atoms with Crippen molar-refractivity contribution in [2.24, 2.45) is 4.99 Å². The van der Waals surface area contributed by atoms with Gasteiger partial charge in [0, 0.05) is 23.5 Å². The Kier molecular flexibility index (Phi) is 7.50. The van der Waals surface area contributed by atoms with Crippen LogP contribution in [-0.2, 0) is 17.5 Å². The number of carbonyl (C=O) groups is 1. The van der Waals surface area contributed by atoms with Gasteiger partial charge in [-0.05, 0) is 53.2 Å². The molecule has 1 aliphatic heterocycles. The summed E-state index contributed by atoms with van der Waals surface area (Å²) in [6, 6.07) is 8.91. The SMILES string of the molecule is O=C1N=C(N(CCO)CCO)S/C1=C\c1ccc2c(cnn2Cc2ccc(Cl)cc2C(F)(F)F)c1. The lowest BCUT2D eigenvalue weighted by Gasteiger charge is -2.20. The normalized spacial score (nSPS) is 15.3. The number of alkyl halides is 3. The van der Waals surface area contributed by atoms with E-state index in [0.29, 0.717) is 26.5 Å². The molecule has 184 valence electrons. The van der Waals surface area contributed by atoms with Gasteiger partial charge in [0.05, 0.1) is 41.9 Å². The fraction of sp³-hybridized carbons (Fsp3) is 0.261. The monoisotopic (exact) mass is 524 g/mol. The van der Waals surface area contributed by atoms with Gasteiger partial charge in [-0.25, -0.2) is 0 Å². The zero-order valence-corrected chi connectivity index (χ0v) is 19.7. The first-order valence-corrected chi connectivity index (χ1v) is 11.7. The molecule has 2 heterocycles. The molecular formula is C23H20ClF3N4O3S. The summed E-state index contributed by atoms with van der Waals surface area (Å²) in [5.41, 5.74) is 0.572. The minimum absolute atomic E-state index is 0.00591. The Bertz CT molecular complexity index is 1320. The molecule has 2 N–H and O–H groups in total. The van der Waals surface area contributed by atoms with Gasteiger partial charge in [0.2, 0.25) is 0 Å². The van der Waals surface area contributed by atoms with Gasteiger partial charge in [0.15, 0.2) is 5.17 Å². The third kappa shape index (κ3) is 5.69. The van der Waals surface area contributed by atoms with Crippen molar-refractivity contribution in [2.75, 3.05) is 26.3 Å². The molecule has 0 atom stereocenters. The summed E-state index contributed by atoms with van der Waals surface area (Å²) < 4.78 is 41.8. The van der Waals surface area contributed by atoms with Crippen LogP contribution in [0.2, 0.25) is 5.02 Å². The first-order valence-electron chi connectivity index (χ1n) is 10.5. The Balaban J connectivity index is 1.57. The van der Waals surface area contributed by atoms with Crippen molar-refractivity contribution in [1.29, 1.82) is 0 Å². The van der Waals surface area contributed by atoms with Crippen LogP contribution >= 0.6 is 23.4 Å². The highest BCUT2D eigenvalue weighted by molar-refractivity contribution is 8.18. The molecule has 0 saturated heterocycles. The van der Waals surface area contributed by atoms with Crippen LogP contribution in [0.4, 0.5) is 13.2 Å². The van der Waals surface area contributed by atoms with Gasteiger partial charge >= 0.3 is 6.18 Å². The second-order valence-electron chi connectivity index (χ2n) is 7.66. The summed E-state index contributed by atoms with van der Waals surface area (Å²) >= 11 is 6.91. The van der Waals surface area contributed by atoms with Gasteiger partial charge in [0.25, 0.3) is 5.91 Å². The Labute approximate surface area is 207 Å². The summed E-state index contributed by atoms with van der Waals surface area (Å²) in [6.45, 7) is 0.0957. The van der Waals surface area contributed by atoms with Crippen molar-refractivity contribution < 1.29 is 28.2 Å². The molecule has 3 aromatic rings. The highest BCUT2D eigenvalue weighted by Gasteiger charge is 2.33. The van der Waals surface area contributed by atoms with Crippen LogP contribution in [0.5, 0.6) is 0 Å². The Morgan fingerprint density at radius 1 is 1.11 bits per heavy atom. The minimum atomic E-state index is -4.54. The van der Waals surface area contributed by atoms with Crippen LogP contribution < -0.4 is 0 Å². The number of benzene rings is 2. The number of aliphatic hydroxyl groups is 2. The molecule has 12 heteroatoms. The summed E-state index contributed by atoms with van der Waals surface area (Å²) in [5, 5.41) is 23.7. The van der Waals surface area contributed by atoms with E-state index in [-0.39, 0.29) is 43.4 Å². The van der Waals surface area contributed by atoms with Crippen LogP contribution in [0.15, 0.2) is 52.5 Å². The predicted octanol–water partition coefficient (Wildman–Crippen LogP) is 4.01. The quantitative estimate of drug-likeness (QED) is 0.454. The predicted molar refractivity (Wildman–Crippen MR) is 129 cm³/mol. The molecule has 0 bridgehead atoms. The van der Waals surface area contributed by atoms with E-state index in [1.165, 1.54) is 16.8 Å². The molecule has 7 nitrogen and oxygen atoms in total. The zero-order valence-electron chi connectivity index (χ0n) is 18.2. The molecule has 0 aliphatic carbocycles. The number of aliphatic imine (C=N–C) groups is 1. The number of thioether (sulfide) groups is 1. The number of amides is 1. The molecule has 0 radical (unpaired) electrons. The lowest BCUT2D eigenvalue weighted by atomic mass is 10.1. The van der Waals surface area contributed by atoms with Gasteiger partial charge in [-0.2, -0.15) is 23.3 Å². The van der Waals surface area contributed by atoms with Crippen molar-refractivity contribution >= 4 is 51.4 Å². The third-order valence-corrected chi connectivity index (χ3v) is 6.56. The van der Waals surface area contributed by atoms with Crippen LogP contribution in [0, 0.1) is 0 Å². The molecule has 1 aromatic heterocycles. The van der Waals surface area contributed by atoms with Gasteiger partial charge in [-0.3, -0.25) is 9.48 Å². The maximum atomic E-state index is 13.5. The van der Waals surface area contributed by atoms with E-state index < -0.39 is 17.6 Å². The number of rotatable bonds is 7. The molecule has 1 amide bonds. The number of aliphatic hydroxyl groups excluding tert-OH is 2. The molecule has 0 saturated carbocycles. The van der Waals surface area contributed by atoms with Gasteiger partial charge in [-0.15, -0.1) is 0 Å². The zero-order chi connectivity index (χ0) is 25.2.